The van der Waals surface area contributed by atoms with Crippen molar-refractivity contribution in [2.75, 3.05) is 38.1 Å². The number of guanidine groups is 1. The fraction of sp³-hybridized carbons (Fsp3) is 0.647. The van der Waals surface area contributed by atoms with Crippen LogP contribution < -0.4 is 15.5 Å². The van der Waals surface area contributed by atoms with Gasteiger partial charge in [-0.25, -0.2) is 4.98 Å². The van der Waals surface area contributed by atoms with Crippen LogP contribution in [0.5, 0.6) is 0 Å². The van der Waals surface area contributed by atoms with E-state index in [1.807, 2.05) is 0 Å². The Morgan fingerprint density at radius 3 is 2.78 bits per heavy atom. The Labute approximate surface area is 181 Å². The van der Waals surface area contributed by atoms with Crippen molar-refractivity contribution in [3.63, 3.8) is 0 Å². The summed E-state index contributed by atoms with van der Waals surface area (Å²) in [6.45, 7) is 6.79. The van der Waals surface area contributed by atoms with Crippen molar-refractivity contribution in [3.8, 4) is 0 Å². The number of aromatic nitrogens is 4. The molecule has 1 saturated heterocycles. The second-order valence-electron chi connectivity index (χ2n) is 6.29. The smallest absolute Gasteiger partial charge is 0.191 e. The summed E-state index contributed by atoms with van der Waals surface area (Å²) in [5.41, 5.74) is 1.15. The van der Waals surface area contributed by atoms with Crippen LogP contribution in [0.25, 0.3) is 0 Å². The molecule has 1 fully saturated rings. The second kappa shape index (κ2) is 11.4. The van der Waals surface area contributed by atoms with E-state index in [2.05, 4.69) is 47.6 Å². The van der Waals surface area contributed by atoms with Crippen LogP contribution in [0.4, 0.5) is 5.13 Å². The van der Waals surface area contributed by atoms with Gasteiger partial charge >= 0.3 is 0 Å². The molecular weight excluding hydrogens is 475 g/mol. The maximum atomic E-state index is 4.76. The molecule has 0 aliphatic carbocycles. The molecular formula is C17H29IN8S. The van der Waals surface area contributed by atoms with Gasteiger partial charge in [0.1, 0.15) is 12.2 Å². The Morgan fingerprint density at radius 2 is 2.04 bits per heavy atom. The van der Waals surface area contributed by atoms with E-state index in [9.17, 15) is 0 Å². The quantitative estimate of drug-likeness (QED) is 0.325. The van der Waals surface area contributed by atoms with Gasteiger partial charge in [-0.15, -0.1) is 45.5 Å². The van der Waals surface area contributed by atoms with Gasteiger partial charge in [0.05, 0.1) is 5.69 Å². The minimum atomic E-state index is 0. The number of anilines is 1. The normalized spacial score (nSPS) is 14.3. The summed E-state index contributed by atoms with van der Waals surface area (Å²) >= 11 is 1.75. The second-order valence-corrected chi connectivity index (χ2v) is 7.12. The van der Waals surface area contributed by atoms with Crippen LogP contribution in [0.1, 0.15) is 31.3 Å². The van der Waals surface area contributed by atoms with Crippen molar-refractivity contribution in [2.24, 2.45) is 4.99 Å². The highest BCUT2D eigenvalue weighted by atomic mass is 127. The third-order valence-corrected chi connectivity index (χ3v) is 5.42. The molecule has 0 aromatic carbocycles. The van der Waals surface area contributed by atoms with Crippen molar-refractivity contribution in [1.29, 1.82) is 0 Å². The molecule has 3 rings (SSSR count). The number of hydrogen-bond acceptors (Lipinski definition) is 6. The lowest BCUT2D eigenvalue weighted by atomic mass is 10.3. The number of nitrogens with one attached hydrogen (secondary N) is 2. The SMILES string of the molecule is CCc1nncn1CCNC(=NC)NCCc1csc(N2CCCC2)n1.I. The fourth-order valence-electron chi connectivity index (χ4n) is 3.03. The zero-order chi connectivity index (χ0) is 18.2. The number of hydrogen-bond donors (Lipinski definition) is 2. The van der Waals surface area contributed by atoms with E-state index in [4.69, 9.17) is 4.98 Å². The Balaban J connectivity index is 0.00000261. The molecule has 2 N–H and O–H groups in total. The zero-order valence-corrected chi connectivity index (χ0v) is 19.2. The number of aryl methyl sites for hydroxylation is 1. The summed E-state index contributed by atoms with van der Waals surface area (Å²) in [4.78, 5) is 11.4. The molecule has 0 saturated carbocycles. The van der Waals surface area contributed by atoms with Gasteiger partial charge in [0.2, 0.25) is 0 Å². The molecule has 3 heterocycles. The monoisotopic (exact) mass is 504 g/mol. The van der Waals surface area contributed by atoms with E-state index in [-0.39, 0.29) is 24.0 Å². The predicted molar refractivity (Wildman–Crippen MR) is 121 cm³/mol. The molecule has 0 radical (unpaired) electrons. The first kappa shape index (κ1) is 21.9. The van der Waals surface area contributed by atoms with Gasteiger partial charge in [-0.1, -0.05) is 6.92 Å². The summed E-state index contributed by atoms with van der Waals surface area (Å²) in [5, 5.41) is 18.1. The maximum Gasteiger partial charge on any atom is 0.191 e. The van der Waals surface area contributed by atoms with Crippen LogP contribution in [-0.4, -0.2) is 58.9 Å². The van der Waals surface area contributed by atoms with Crippen molar-refractivity contribution >= 4 is 46.4 Å². The summed E-state index contributed by atoms with van der Waals surface area (Å²) in [7, 11) is 1.79. The highest BCUT2D eigenvalue weighted by Crippen LogP contribution is 2.24. The Morgan fingerprint density at radius 1 is 1.26 bits per heavy atom. The zero-order valence-electron chi connectivity index (χ0n) is 16.0. The van der Waals surface area contributed by atoms with Crippen LogP contribution in [0, 0.1) is 0 Å². The molecule has 0 amide bonds. The molecule has 0 atom stereocenters. The van der Waals surface area contributed by atoms with Crippen LogP contribution in [0.15, 0.2) is 16.7 Å². The lowest BCUT2D eigenvalue weighted by molar-refractivity contribution is 0.632. The summed E-state index contributed by atoms with van der Waals surface area (Å²) in [5.74, 6) is 1.82. The summed E-state index contributed by atoms with van der Waals surface area (Å²) in [6.07, 6.45) is 6.13. The van der Waals surface area contributed by atoms with E-state index in [1.165, 1.54) is 18.0 Å². The van der Waals surface area contributed by atoms with Gasteiger partial charge in [-0.05, 0) is 12.8 Å². The van der Waals surface area contributed by atoms with Crippen molar-refractivity contribution in [3.05, 3.63) is 23.2 Å². The molecule has 150 valence electrons. The van der Waals surface area contributed by atoms with E-state index < -0.39 is 0 Å². The van der Waals surface area contributed by atoms with Crippen LogP contribution in [0.2, 0.25) is 0 Å². The van der Waals surface area contributed by atoms with E-state index in [1.54, 1.807) is 24.7 Å². The predicted octanol–water partition coefficient (Wildman–Crippen LogP) is 1.92. The first-order valence-electron chi connectivity index (χ1n) is 9.30. The fourth-order valence-corrected chi connectivity index (χ4v) is 3.94. The number of rotatable bonds is 8. The molecule has 0 bridgehead atoms. The molecule has 2 aromatic heterocycles. The maximum absolute atomic E-state index is 4.76. The average Bonchev–Trinajstić information content (AvgIpc) is 3.40. The average molecular weight is 504 g/mol. The minimum absolute atomic E-state index is 0. The molecule has 0 unspecified atom stereocenters. The first-order chi connectivity index (χ1) is 12.8. The Bertz CT molecular complexity index is 707. The Hall–Kier alpha value is -1.43. The number of thiazole rings is 1. The van der Waals surface area contributed by atoms with Gasteiger partial charge in [0.25, 0.3) is 0 Å². The van der Waals surface area contributed by atoms with Gasteiger partial charge in [-0.2, -0.15) is 0 Å². The minimum Gasteiger partial charge on any atom is -0.356 e. The molecule has 8 nitrogen and oxygen atoms in total. The summed E-state index contributed by atoms with van der Waals surface area (Å²) < 4.78 is 2.06. The van der Waals surface area contributed by atoms with Gasteiger partial charge in [0, 0.05) is 58.0 Å². The third kappa shape index (κ3) is 6.30. The van der Waals surface area contributed by atoms with E-state index in [0.29, 0.717) is 0 Å². The lowest BCUT2D eigenvalue weighted by Gasteiger charge is -2.13. The number of aliphatic imine (C=N–C) groups is 1. The Kier molecular flexibility index (Phi) is 9.25. The van der Waals surface area contributed by atoms with Crippen molar-refractivity contribution in [1.82, 2.24) is 30.4 Å². The van der Waals surface area contributed by atoms with Crippen LogP contribution >= 0.6 is 35.3 Å². The molecule has 2 aromatic rings. The number of halogens is 1. The molecule has 27 heavy (non-hydrogen) atoms. The highest BCUT2D eigenvalue weighted by molar-refractivity contribution is 14.0. The molecule has 0 spiro atoms. The first-order valence-corrected chi connectivity index (χ1v) is 10.2. The van der Waals surface area contributed by atoms with Crippen molar-refractivity contribution in [2.45, 2.75) is 39.2 Å². The standard InChI is InChI=1S/C17H28N8S.HI/c1-3-15-23-21-13-25(15)11-8-20-16(18-2)19-7-6-14-12-26-17(22-14)24-9-4-5-10-24;/h12-13H,3-11H2,1-2H3,(H2,18,19,20);1H. The molecule has 1 aliphatic rings. The lowest BCUT2D eigenvalue weighted by Crippen LogP contribution is -2.39. The summed E-state index contributed by atoms with van der Waals surface area (Å²) in [6, 6.07) is 0. The number of nitrogens with zero attached hydrogens (tertiary/aromatic N) is 6. The highest BCUT2D eigenvalue weighted by Gasteiger charge is 2.15. The van der Waals surface area contributed by atoms with E-state index >= 15 is 0 Å². The van der Waals surface area contributed by atoms with Gasteiger partial charge < -0.3 is 20.1 Å². The molecule has 1 aliphatic heterocycles. The van der Waals surface area contributed by atoms with Crippen molar-refractivity contribution < 1.29 is 0 Å². The van der Waals surface area contributed by atoms with Gasteiger partial charge in [-0.3, -0.25) is 4.99 Å². The third-order valence-electron chi connectivity index (χ3n) is 4.47. The molecule has 10 heteroatoms. The van der Waals surface area contributed by atoms with Gasteiger partial charge in [0.15, 0.2) is 11.1 Å². The van der Waals surface area contributed by atoms with E-state index in [0.717, 1.165) is 63.0 Å². The topological polar surface area (TPSA) is 83.3 Å². The largest absolute Gasteiger partial charge is 0.356 e. The van der Waals surface area contributed by atoms with Crippen LogP contribution in [0.3, 0.4) is 0 Å². The van der Waals surface area contributed by atoms with Crippen LogP contribution in [-0.2, 0) is 19.4 Å².